The van der Waals surface area contributed by atoms with Crippen molar-refractivity contribution in [3.8, 4) is 11.8 Å². The fourth-order valence-corrected chi connectivity index (χ4v) is 2.89. The second kappa shape index (κ2) is 7.81. The Morgan fingerprint density at radius 3 is 2.62 bits per heavy atom. The lowest BCUT2D eigenvalue weighted by atomic mass is 10.2. The normalized spacial score (nSPS) is 11.1. The van der Waals surface area contributed by atoms with E-state index in [1.54, 1.807) is 0 Å². The zero-order chi connectivity index (χ0) is 16.9. The van der Waals surface area contributed by atoms with Crippen molar-refractivity contribution < 1.29 is 4.74 Å². The van der Waals surface area contributed by atoms with E-state index in [0.29, 0.717) is 15.9 Å². The highest BCUT2D eigenvalue weighted by Gasteiger charge is 2.15. The summed E-state index contributed by atoms with van der Waals surface area (Å²) >= 11 is 12.1. The Hall–Kier alpha value is -1.85. The minimum absolute atomic E-state index is 0.238. The predicted molar refractivity (Wildman–Crippen MR) is 96.0 cm³/mol. The third kappa shape index (κ3) is 3.79. The summed E-state index contributed by atoms with van der Waals surface area (Å²) in [5, 5.41) is 6.24. The number of unbranched alkanes of at least 4 members (excludes halogenated alkanes) is 3. The second-order valence-electron chi connectivity index (χ2n) is 5.51. The summed E-state index contributed by atoms with van der Waals surface area (Å²) in [4.78, 5) is 8.15. The van der Waals surface area contributed by atoms with Crippen LogP contribution in [0.25, 0.3) is 10.9 Å². The van der Waals surface area contributed by atoms with Crippen LogP contribution in [0.2, 0.25) is 10.2 Å². The van der Waals surface area contributed by atoms with Crippen molar-refractivity contribution in [2.75, 3.05) is 0 Å². The fraction of sp³-hybridized carbons (Fsp3) is 0.353. The average molecular weight is 365 g/mol. The van der Waals surface area contributed by atoms with Gasteiger partial charge in [-0.2, -0.15) is 5.10 Å². The molecule has 0 unspecified atom stereocenters. The quantitative estimate of drug-likeness (QED) is 0.519. The molecule has 2 heterocycles. The van der Waals surface area contributed by atoms with Gasteiger partial charge in [-0.15, -0.1) is 0 Å². The van der Waals surface area contributed by atoms with Gasteiger partial charge in [-0.1, -0.05) is 55.5 Å². The molecule has 3 aromatic rings. The zero-order valence-electron chi connectivity index (χ0n) is 13.4. The molecule has 24 heavy (non-hydrogen) atoms. The number of benzene rings is 1. The number of hydrogen-bond acceptors (Lipinski definition) is 4. The van der Waals surface area contributed by atoms with Crippen molar-refractivity contribution in [3.05, 3.63) is 40.8 Å². The first-order valence-electron chi connectivity index (χ1n) is 7.99. The minimum atomic E-state index is 0.238. The lowest BCUT2D eigenvalue weighted by molar-refractivity contribution is 0.441. The molecule has 7 heteroatoms. The highest BCUT2D eigenvalue weighted by atomic mass is 35.5. The predicted octanol–water partition coefficient (Wildman–Crippen LogP) is 5.51. The van der Waals surface area contributed by atoms with Gasteiger partial charge in [0.05, 0.1) is 17.4 Å². The summed E-state index contributed by atoms with van der Waals surface area (Å²) < 4.78 is 7.73. The van der Waals surface area contributed by atoms with Gasteiger partial charge < -0.3 is 4.74 Å². The van der Waals surface area contributed by atoms with Crippen LogP contribution in [0, 0.1) is 0 Å². The Kier molecular flexibility index (Phi) is 5.53. The lowest BCUT2D eigenvalue weighted by Gasteiger charge is -2.08. The van der Waals surface area contributed by atoms with E-state index in [1.165, 1.54) is 31.7 Å². The van der Waals surface area contributed by atoms with Crippen molar-refractivity contribution in [3.63, 3.8) is 0 Å². The molecule has 0 N–H and O–H groups in total. The molecule has 0 fully saturated rings. The molecule has 126 valence electrons. The number of halogens is 2. The molecule has 0 radical (unpaired) electrons. The van der Waals surface area contributed by atoms with Gasteiger partial charge in [0, 0.05) is 11.9 Å². The van der Waals surface area contributed by atoms with E-state index >= 15 is 0 Å². The number of para-hydroxylation sites is 1. The standard InChI is InChI=1S/C17H18Cl2N4O/c1-2-3-4-5-9-23-15-13(16(19)22-23)7-6-8-14(15)24-17-20-10-12(18)11-21-17/h6-8,10-11H,2-5,9H2,1H3. The molecule has 5 nitrogen and oxygen atoms in total. The highest BCUT2D eigenvalue weighted by Crippen LogP contribution is 2.32. The van der Waals surface area contributed by atoms with Crippen LogP contribution in [-0.4, -0.2) is 19.7 Å². The molecule has 0 bridgehead atoms. The molecular weight excluding hydrogens is 347 g/mol. The van der Waals surface area contributed by atoms with Gasteiger partial charge in [0.15, 0.2) is 10.9 Å². The van der Waals surface area contributed by atoms with E-state index in [2.05, 4.69) is 22.0 Å². The molecule has 0 saturated heterocycles. The van der Waals surface area contributed by atoms with E-state index in [0.717, 1.165) is 23.9 Å². The van der Waals surface area contributed by atoms with Crippen molar-refractivity contribution in [1.29, 1.82) is 0 Å². The SMILES string of the molecule is CCCCCCn1nc(Cl)c2cccc(Oc3ncc(Cl)cn3)c21. The van der Waals surface area contributed by atoms with Crippen molar-refractivity contribution in [2.24, 2.45) is 0 Å². The van der Waals surface area contributed by atoms with Gasteiger partial charge in [-0.3, -0.25) is 4.68 Å². The van der Waals surface area contributed by atoms with Gasteiger partial charge in [0.2, 0.25) is 0 Å². The van der Waals surface area contributed by atoms with E-state index < -0.39 is 0 Å². The zero-order valence-corrected chi connectivity index (χ0v) is 14.9. The van der Waals surface area contributed by atoms with Gasteiger partial charge in [-0.05, 0) is 18.6 Å². The number of aryl methyl sites for hydroxylation is 1. The summed E-state index contributed by atoms with van der Waals surface area (Å²) in [6.07, 6.45) is 7.63. The minimum Gasteiger partial charge on any atom is -0.422 e. The Bertz CT molecular complexity index is 817. The molecule has 0 spiro atoms. The maximum Gasteiger partial charge on any atom is 0.322 e. The molecule has 0 atom stereocenters. The smallest absolute Gasteiger partial charge is 0.322 e. The third-order valence-electron chi connectivity index (χ3n) is 3.71. The summed E-state index contributed by atoms with van der Waals surface area (Å²) in [5.41, 5.74) is 0.859. The van der Waals surface area contributed by atoms with Crippen LogP contribution < -0.4 is 4.74 Å². The number of hydrogen-bond donors (Lipinski definition) is 0. The topological polar surface area (TPSA) is 52.8 Å². The molecule has 0 saturated carbocycles. The second-order valence-corrected chi connectivity index (χ2v) is 6.31. The number of nitrogens with zero attached hydrogens (tertiary/aromatic N) is 4. The molecule has 3 rings (SSSR count). The highest BCUT2D eigenvalue weighted by molar-refractivity contribution is 6.34. The monoisotopic (exact) mass is 364 g/mol. The summed E-state index contributed by atoms with van der Waals surface area (Å²) in [6.45, 7) is 2.99. The molecule has 0 aliphatic carbocycles. The van der Waals surface area contributed by atoms with Crippen molar-refractivity contribution in [1.82, 2.24) is 19.7 Å². The Morgan fingerprint density at radius 1 is 1.08 bits per heavy atom. The maximum absolute atomic E-state index is 6.28. The number of ether oxygens (including phenoxy) is 1. The summed E-state index contributed by atoms with van der Waals surface area (Å²) in [5.74, 6) is 0.629. The van der Waals surface area contributed by atoms with Gasteiger partial charge in [0.25, 0.3) is 0 Å². The summed E-state index contributed by atoms with van der Waals surface area (Å²) in [7, 11) is 0. The molecule has 2 aromatic heterocycles. The van der Waals surface area contributed by atoms with Gasteiger partial charge in [-0.25, -0.2) is 9.97 Å². The first-order chi connectivity index (χ1) is 11.7. The lowest BCUT2D eigenvalue weighted by Crippen LogP contribution is -2.02. The Balaban J connectivity index is 1.90. The third-order valence-corrected chi connectivity index (χ3v) is 4.18. The van der Waals surface area contributed by atoms with Crippen LogP contribution in [0.4, 0.5) is 0 Å². The molecular formula is C17H18Cl2N4O. The van der Waals surface area contributed by atoms with Gasteiger partial charge in [0.1, 0.15) is 5.52 Å². The first kappa shape index (κ1) is 17.0. The Labute approximate surface area is 150 Å². The van der Waals surface area contributed by atoms with E-state index in [9.17, 15) is 0 Å². The number of rotatable bonds is 7. The average Bonchev–Trinajstić information content (AvgIpc) is 2.91. The van der Waals surface area contributed by atoms with Gasteiger partial charge >= 0.3 is 6.01 Å². The number of aromatic nitrogens is 4. The van der Waals surface area contributed by atoms with E-state index in [4.69, 9.17) is 27.9 Å². The maximum atomic E-state index is 6.28. The van der Waals surface area contributed by atoms with Crippen LogP contribution in [-0.2, 0) is 6.54 Å². The first-order valence-corrected chi connectivity index (χ1v) is 8.75. The molecule has 0 aliphatic heterocycles. The van der Waals surface area contributed by atoms with Crippen molar-refractivity contribution in [2.45, 2.75) is 39.2 Å². The number of fused-ring (bicyclic) bond motifs is 1. The van der Waals surface area contributed by atoms with Crippen LogP contribution in [0.5, 0.6) is 11.8 Å². The van der Waals surface area contributed by atoms with Crippen LogP contribution in [0.3, 0.4) is 0 Å². The molecule has 1 aromatic carbocycles. The van der Waals surface area contributed by atoms with Crippen LogP contribution >= 0.6 is 23.2 Å². The molecule has 0 aliphatic rings. The fourth-order valence-electron chi connectivity index (χ4n) is 2.55. The molecule has 0 amide bonds. The van der Waals surface area contributed by atoms with Crippen molar-refractivity contribution >= 4 is 34.1 Å². The summed E-state index contributed by atoms with van der Waals surface area (Å²) in [6, 6.07) is 5.91. The Morgan fingerprint density at radius 2 is 1.88 bits per heavy atom. The van der Waals surface area contributed by atoms with Crippen LogP contribution in [0.15, 0.2) is 30.6 Å². The van der Waals surface area contributed by atoms with Crippen LogP contribution in [0.1, 0.15) is 32.6 Å². The largest absolute Gasteiger partial charge is 0.422 e. The van der Waals surface area contributed by atoms with E-state index in [1.807, 2.05) is 22.9 Å². The van der Waals surface area contributed by atoms with E-state index in [-0.39, 0.29) is 6.01 Å².